The monoisotopic (exact) mass is 455 g/mol. The molecular formula is C29H42ClNO. The molecule has 5 bridgehead atoms. The topological polar surface area (TPSA) is 12.5 Å². The molecule has 32 heavy (non-hydrogen) atoms. The summed E-state index contributed by atoms with van der Waals surface area (Å²) in [6.07, 6.45) is 12.5. The van der Waals surface area contributed by atoms with Crippen molar-refractivity contribution in [1.29, 1.82) is 0 Å². The van der Waals surface area contributed by atoms with Gasteiger partial charge in [0, 0.05) is 29.6 Å². The molecule has 1 aromatic carbocycles. The van der Waals surface area contributed by atoms with Gasteiger partial charge in [-0.2, -0.15) is 0 Å². The van der Waals surface area contributed by atoms with Gasteiger partial charge in [0.15, 0.2) is 0 Å². The highest BCUT2D eigenvalue weighted by Gasteiger charge is 2.80. The van der Waals surface area contributed by atoms with Crippen LogP contribution in [0.5, 0.6) is 0 Å². The molecule has 2 saturated carbocycles. The number of halogens is 1. The summed E-state index contributed by atoms with van der Waals surface area (Å²) >= 11 is 7.18. The minimum atomic E-state index is -0.120. The minimum Gasteiger partial charge on any atom is -0.377 e. The van der Waals surface area contributed by atoms with Gasteiger partial charge in [-0.25, -0.2) is 0 Å². The van der Waals surface area contributed by atoms with Crippen molar-refractivity contribution in [3.63, 3.8) is 0 Å². The van der Waals surface area contributed by atoms with Crippen molar-refractivity contribution >= 4 is 11.6 Å². The average Bonchev–Trinajstić information content (AvgIpc) is 3.23. The van der Waals surface area contributed by atoms with Crippen molar-refractivity contribution in [2.75, 3.05) is 13.2 Å². The Kier molecular flexibility index (Phi) is 5.11. The van der Waals surface area contributed by atoms with Crippen molar-refractivity contribution < 1.29 is 4.74 Å². The first-order valence-corrected chi connectivity index (χ1v) is 13.8. The summed E-state index contributed by atoms with van der Waals surface area (Å²) in [5.74, 6) is 2.39. The quantitative estimate of drug-likeness (QED) is 0.322. The van der Waals surface area contributed by atoms with E-state index in [0.29, 0.717) is 28.3 Å². The van der Waals surface area contributed by atoms with Crippen molar-refractivity contribution in [3.05, 3.63) is 35.9 Å². The molecule has 0 aromatic heterocycles. The molecule has 176 valence electrons. The molecule has 3 saturated heterocycles. The van der Waals surface area contributed by atoms with Gasteiger partial charge in [0.05, 0.1) is 6.61 Å². The third-order valence-electron chi connectivity index (χ3n) is 11.3. The van der Waals surface area contributed by atoms with Gasteiger partial charge in [-0.3, -0.25) is 4.90 Å². The molecule has 1 unspecified atom stereocenters. The molecule has 5 fully saturated rings. The first-order valence-electron chi connectivity index (χ1n) is 13.4. The van der Waals surface area contributed by atoms with Crippen LogP contribution in [-0.2, 0) is 11.3 Å². The Morgan fingerprint density at radius 2 is 1.91 bits per heavy atom. The van der Waals surface area contributed by atoms with E-state index in [0.717, 1.165) is 25.0 Å². The summed E-state index contributed by atoms with van der Waals surface area (Å²) in [4.78, 5) is 2.98. The zero-order valence-electron chi connectivity index (χ0n) is 20.4. The Bertz CT molecular complexity index is 850. The number of benzene rings is 1. The van der Waals surface area contributed by atoms with Crippen LogP contribution in [0.25, 0.3) is 0 Å². The standard InChI is InChI=1S/C29H42ClNO/c1-26(2,30)23-13-16-27(3)22-12-17-28-14-7-11-24(28)29(27,25(23)31(28)19-22)15-8-18-32-20-21-9-5-4-6-10-21/h4-6,9-10,22-25H,7-8,11-20H2,1-3H3/t22-,23+,24-,25-,27+,28-,29+/m1/s1. The number of nitrogens with zero attached hydrogens (tertiary/aromatic N) is 1. The second-order valence-electron chi connectivity index (χ2n) is 12.7. The molecule has 0 radical (unpaired) electrons. The molecule has 3 heterocycles. The van der Waals surface area contributed by atoms with Crippen LogP contribution in [0.2, 0.25) is 0 Å². The van der Waals surface area contributed by atoms with Crippen LogP contribution >= 0.6 is 11.6 Å². The van der Waals surface area contributed by atoms with Crippen LogP contribution in [0.1, 0.15) is 84.1 Å². The summed E-state index contributed by atoms with van der Waals surface area (Å²) in [6.45, 7) is 10.3. The molecule has 2 nitrogen and oxygen atoms in total. The van der Waals surface area contributed by atoms with E-state index < -0.39 is 0 Å². The Hall–Kier alpha value is -0.570. The molecular weight excluding hydrogens is 414 g/mol. The third kappa shape index (κ3) is 2.78. The maximum absolute atomic E-state index is 7.18. The highest BCUT2D eigenvalue weighted by atomic mass is 35.5. The van der Waals surface area contributed by atoms with E-state index in [1.165, 1.54) is 69.9 Å². The Morgan fingerprint density at radius 3 is 2.69 bits per heavy atom. The SMILES string of the molecule is CC(C)(Cl)[C@H]1CC[C@@]2(C)[C@@H]3CC[C@]45CCC[C@H]4[C@@]2(CCCOCc2ccccc2)[C@@H]1N5C3. The molecule has 1 spiro atoms. The predicted molar refractivity (Wildman–Crippen MR) is 132 cm³/mol. The number of alkyl halides is 1. The van der Waals surface area contributed by atoms with Crippen LogP contribution in [0.4, 0.5) is 0 Å². The average molecular weight is 456 g/mol. The van der Waals surface area contributed by atoms with Gasteiger partial charge >= 0.3 is 0 Å². The first kappa shape index (κ1) is 21.9. The van der Waals surface area contributed by atoms with Crippen LogP contribution in [0.3, 0.4) is 0 Å². The van der Waals surface area contributed by atoms with Gasteiger partial charge in [0.1, 0.15) is 0 Å². The summed E-state index contributed by atoms with van der Waals surface area (Å²) < 4.78 is 6.20. The van der Waals surface area contributed by atoms with E-state index in [1.54, 1.807) is 0 Å². The van der Waals surface area contributed by atoms with E-state index >= 15 is 0 Å². The number of fused-ring (bicyclic) bond motifs is 2. The lowest BCUT2D eigenvalue weighted by molar-refractivity contribution is -0.181. The Morgan fingerprint density at radius 1 is 1.09 bits per heavy atom. The second-order valence-corrected chi connectivity index (χ2v) is 13.7. The fraction of sp³-hybridized carbons (Fsp3) is 0.793. The van der Waals surface area contributed by atoms with Crippen LogP contribution in [0, 0.1) is 28.6 Å². The van der Waals surface area contributed by atoms with E-state index in [9.17, 15) is 0 Å². The molecule has 5 aliphatic rings. The highest BCUT2D eigenvalue weighted by molar-refractivity contribution is 6.23. The molecule has 2 aliphatic carbocycles. The Balaban J connectivity index is 1.30. The summed E-state index contributed by atoms with van der Waals surface area (Å²) in [5, 5.41) is 0. The molecule has 0 amide bonds. The second kappa shape index (κ2) is 7.46. The largest absolute Gasteiger partial charge is 0.377 e. The lowest BCUT2D eigenvalue weighted by Crippen LogP contribution is -2.69. The maximum Gasteiger partial charge on any atom is 0.0716 e. The van der Waals surface area contributed by atoms with Crippen LogP contribution in [-0.4, -0.2) is 34.5 Å². The van der Waals surface area contributed by atoms with E-state index in [4.69, 9.17) is 16.3 Å². The lowest BCUT2D eigenvalue weighted by atomic mass is 9.42. The fourth-order valence-corrected chi connectivity index (χ4v) is 10.4. The van der Waals surface area contributed by atoms with E-state index in [-0.39, 0.29) is 4.87 Å². The minimum absolute atomic E-state index is 0.120. The van der Waals surface area contributed by atoms with Gasteiger partial charge in [-0.15, -0.1) is 11.6 Å². The number of hydrogen-bond donors (Lipinski definition) is 0. The summed E-state index contributed by atoms with van der Waals surface area (Å²) in [6, 6.07) is 11.3. The molecule has 8 atom stereocenters. The molecule has 6 rings (SSSR count). The zero-order valence-corrected chi connectivity index (χ0v) is 21.2. The third-order valence-corrected chi connectivity index (χ3v) is 11.6. The molecule has 0 N–H and O–H groups in total. The number of hydrogen-bond acceptors (Lipinski definition) is 2. The van der Waals surface area contributed by atoms with Gasteiger partial charge in [-0.1, -0.05) is 43.7 Å². The summed E-state index contributed by atoms with van der Waals surface area (Å²) in [7, 11) is 0. The Labute approximate surface area is 200 Å². The molecule has 3 heteroatoms. The van der Waals surface area contributed by atoms with Crippen LogP contribution < -0.4 is 0 Å². The van der Waals surface area contributed by atoms with Crippen LogP contribution in [0.15, 0.2) is 30.3 Å². The van der Waals surface area contributed by atoms with Gasteiger partial charge in [0.2, 0.25) is 0 Å². The zero-order chi connectivity index (χ0) is 22.2. The molecule has 3 aliphatic heterocycles. The maximum atomic E-state index is 7.18. The van der Waals surface area contributed by atoms with Gasteiger partial charge in [0.25, 0.3) is 0 Å². The first-order chi connectivity index (χ1) is 15.3. The van der Waals surface area contributed by atoms with Crippen molar-refractivity contribution in [3.8, 4) is 0 Å². The predicted octanol–water partition coefficient (Wildman–Crippen LogP) is 7.05. The van der Waals surface area contributed by atoms with Crippen molar-refractivity contribution in [2.45, 2.75) is 102 Å². The van der Waals surface area contributed by atoms with E-state index in [1.807, 2.05) is 0 Å². The lowest BCUT2D eigenvalue weighted by Gasteiger charge is -2.68. The van der Waals surface area contributed by atoms with Crippen molar-refractivity contribution in [1.82, 2.24) is 4.90 Å². The number of ether oxygens (including phenoxy) is 1. The smallest absolute Gasteiger partial charge is 0.0716 e. The summed E-state index contributed by atoms with van der Waals surface area (Å²) in [5.41, 5.74) is 2.71. The number of rotatable bonds is 7. The van der Waals surface area contributed by atoms with Gasteiger partial charge in [-0.05, 0) is 99.4 Å². The van der Waals surface area contributed by atoms with Crippen molar-refractivity contribution in [2.24, 2.45) is 28.6 Å². The number of piperidine rings is 2. The fourth-order valence-electron chi connectivity index (χ4n) is 10.2. The normalized spacial score (nSPS) is 46.4. The van der Waals surface area contributed by atoms with Gasteiger partial charge < -0.3 is 4.74 Å². The molecule has 1 aromatic rings. The van der Waals surface area contributed by atoms with E-state index in [2.05, 4.69) is 56.0 Å². The highest BCUT2D eigenvalue weighted by Crippen LogP contribution is 2.79.